The molecular weight excluding hydrogens is 170 g/mol. The summed E-state index contributed by atoms with van der Waals surface area (Å²) in [4.78, 5) is 4.05. The zero-order chi connectivity index (χ0) is 9.97. The summed E-state index contributed by atoms with van der Waals surface area (Å²) in [5.41, 5.74) is 5.10. The van der Waals surface area contributed by atoms with Crippen LogP contribution in [0, 0.1) is 13.8 Å². The second-order valence-corrected chi connectivity index (χ2v) is 3.54. The number of aliphatic imine (C=N–C) groups is 1. The minimum atomic E-state index is 1.17. The predicted octanol–water partition coefficient (Wildman–Crippen LogP) is 3.28. The van der Waals surface area contributed by atoms with Gasteiger partial charge in [-0.05, 0) is 48.3 Å². The smallest absolute Gasteiger partial charge is 0.0341 e. The predicted molar refractivity (Wildman–Crippen MR) is 61.5 cm³/mol. The van der Waals surface area contributed by atoms with Crippen molar-refractivity contribution < 1.29 is 0 Å². The monoisotopic (exact) mass is 183 g/mol. The molecule has 1 nitrogen and oxygen atoms in total. The SMILES string of the molecule is Cc1cccc(C)c1/C=C1/C=CN=C1. The van der Waals surface area contributed by atoms with Gasteiger partial charge < -0.3 is 0 Å². The van der Waals surface area contributed by atoms with Crippen molar-refractivity contribution in [1.29, 1.82) is 0 Å². The van der Waals surface area contributed by atoms with E-state index in [0.29, 0.717) is 0 Å². The summed E-state index contributed by atoms with van der Waals surface area (Å²) in [6.45, 7) is 4.27. The first-order chi connectivity index (χ1) is 6.77. The van der Waals surface area contributed by atoms with Gasteiger partial charge in [0.15, 0.2) is 0 Å². The van der Waals surface area contributed by atoms with Gasteiger partial charge in [0.25, 0.3) is 0 Å². The van der Waals surface area contributed by atoms with Gasteiger partial charge in [0.1, 0.15) is 0 Å². The first-order valence-corrected chi connectivity index (χ1v) is 4.75. The topological polar surface area (TPSA) is 12.4 Å². The van der Waals surface area contributed by atoms with Crippen molar-refractivity contribution in [3.05, 3.63) is 52.7 Å². The Hall–Kier alpha value is -1.63. The zero-order valence-corrected chi connectivity index (χ0v) is 8.49. The van der Waals surface area contributed by atoms with Gasteiger partial charge in [0, 0.05) is 12.4 Å². The zero-order valence-electron chi connectivity index (χ0n) is 8.49. The Morgan fingerprint density at radius 3 is 2.43 bits per heavy atom. The van der Waals surface area contributed by atoms with E-state index in [1.54, 1.807) is 0 Å². The van der Waals surface area contributed by atoms with Gasteiger partial charge in [-0.25, -0.2) is 0 Å². The fourth-order valence-electron chi connectivity index (χ4n) is 1.61. The van der Waals surface area contributed by atoms with Crippen molar-refractivity contribution in [2.75, 3.05) is 0 Å². The highest BCUT2D eigenvalue weighted by molar-refractivity contribution is 5.92. The molecule has 0 saturated heterocycles. The van der Waals surface area contributed by atoms with E-state index in [0.717, 1.165) is 0 Å². The highest BCUT2D eigenvalue weighted by atomic mass is 14.7. The van der Waals surface area contributed by atoms with Gasteiger partial charge in [-0.3, -0.25) is 4.99 Å². The summed E-state index contributed by atoms with van der Waals surface area (Å²) in [5.74, 6) is 0. The third kappa shape index (κ3) is 1.67. The normalized spacial score (nSPS) is 16.9. The molecular formula is C13H13N. The molecule has 0 aromatic heterocycles. The fourth-order valence-corrected chi connectivity index (χ4v) is 1.61. The minimum absolute atomic E-state index is 1.17. The van der Waals surface area contributed by atoms with Crippen LogP contribution in [0.4, 0.5) is 0 Å². The van der Waals surface area contributed by atoms with E-state index in [1.165, 1.54) is 22.3 Å². The van der Waals surface area contributed by atoms with Crippen molar-refractivity contribution in [1.82, 2.24) is 0 Å². The van der Waals surface area contributed by atoms with E-state index < -0.39 is 0 Å². The number of aryl methyl sites for hydroxylation is 2. The van der Waals surface area contributed by atoms with Crippen LogP contribution in [0.1, 0.15) is 16.7 Å². The Kier molecular flexibility index (Phi) is 2.32. The summed E-state index contributed by atoms with van der Waals surface area (Å²) in [6, 6.07) is 6.36. The lowest BCUT2D eigenvalue weighted by atomic mass is 10.0. The van der Waals surface area contributed by atoms with Gasteiger partial charge in [-0.15, -0.1) is 0 Å². The molecule has 0 unspecified atom stereocenters. The molecule has 0 N–H and O–H groups in total. The van der Waals surface area contributed by atoms with Crippen LogP contribution in [-0.4, -0.2) is 6.21 Å². The van der Waals surface area contributed by atoms with E-state index in [2.05, 4.69) is 43.1 Å². The molecule has 14 heavy (non-hydrogen) atoms. The van der Waals surface area contributed by atoms with Crippen LogP contribution in [0.5, 0.6) is 0 Å². The molecule has 0 spiro atoms. The van der Waals surface area contributed by atoms with Crippen molar-refractivity contribution in [2.45, 2.75) is 13.8 Å². The van der Waals surface area contributed by atoms with Gasteiger partial charge in [0.2, 0.25) is 0 Å². The molecule has 70 valence electrons. The lowest BCUT2D eigenvalue weighted by molar-refractivity contribution is 1.35. The molecule has 1 aliphatic rings. The van der Waals surface area contributed by atoms with Crippen molar-refractivity contribution >= 4 is 12.3 Å². The van der Waals surface area contributed by atoms with E-state index in [4.69, 9.17) is 0 Å². The van der Waals surface area contributed by atoms with Crippen LogP contribution < -0.4 is 0 Å². The lowest BCUT2D eigenvalue weighted by Crippen LogP contribution is -1.87. The van der Waals surface area contributed by atoms with Crippen LogP contribution in [0.2, 0.25) is 0 Å². The van der Waals surface area contributed by atoms with E-state index in [-0.39, 0.29) is 0 Å². The molecule has 0 amide bonds. The standard InChI is InChI=1S/C13H13N/c1-10-4-3-5-11(2)13(10)8-12-6-7-14-9-12/h3-9H,1-2H3/b12-8-. The van der Waals surface area contributed by atoms with Gasteiger partial charge >= 0.3 is 0 Å². The number of nitrogens with zero attached hydrogens (tertiary/aromatic N) is 1. The van der Waals surface area contributed by atoms with Crippen molar-refractivity contribution in [3.63, 3.8) is 0 Å². The average molecular weight is 183 g/mol. The summed E-state index contributed by atoms with van der Waals surface area (Å²) in [7, 11) is 0. The Morgan fingerprint density at radius 1 is 1.14 bits per heavy atom. The Bertz CT molecular complexity index is 402. The number of allylic oxidation sites excluding steroid dienone is 2. The molecule has 1 aromatic rings. The third-order valence-electron chi connectivity index (χ3n) is 2.43. The van der Waals surface area contributed by atoms with Crippen molar-refractivity contribution in [3.8, 4) is 0 Å². The molecule has 0 radical (unpaired) electrons. The van der Waals surface area contributed by atoms with E-state index >= 15 is 0 Å². The van der Waals surface area contributed by atoms with Crippen LogP contribution in [0.3, 0.4) is 0 Å². The summed E-state index contributed by atoms with van der Waals surface area (Å²) < 4.78 is 0. The third-order valence-corrected chi connectivity index (χ3v) is 2.43. The maximum atomic E-state index is 4.05. The summed E-state index contributed by atoms with van der Waals surface area (Å²) in [5, 5.41) is 0. The second-order valence-electron chi connectivity index (χ2n) is 3.54. The second kappa shape index (κ2) is 3.62. The summed E-state index contributed by atoms with van der Waals surface area (Å²) in [6.07, 6.45) is 7.90. The summed E-state index contributed by atoms with van der Waals surface area (Å²) >= 11 is 0. The molecule has 2 rings (SSSR count). The molecule has 1 heteroatoms. The molecule has 0 bridgehead atoms. The number of benzene rings is 1. The van der Waals surface area contributed by atoms with Crippen LogP contribution in [0.25, 0.3) is 6.08 Å². The van der Waals surface area contributed by atoms with Crippen LogP contribution >= 0.6 is 0 Å². The maximum Gasteiger partial charge on any atom is 0.0341 e. The first-order valence-electron chi connectivity index (χ1n) is 4.75. The quantitative estimate of drug-likeness (QED) is 0.633. The number of hydrogen-bond acceptors (Lipinski definition) is 1. The molecule has 1 aromatic carbocycles. The Labute approximate surface area is 84.5 Å². The first kappa shape index (κ1) is 8.95. The molecule has 0 aliphatic carbocycles. The van der Waals surface area contributed by atoms with Gasteiger partial charge in [-0.1, -0.05) is 18.2 Å². The Balaban J connectivity index is 2.46. The van der Waals surface area contributed by atoms with E-state index in [1.807, 2.05) is 18.5 Å². The van der Waals surface area contributed by atoms with Crippen LogP contribution in [-0.2, 0) is 0 Å². The lowest BCUT2D eigenvalue weighted by Gasteiger charge is -2.04. The maximum absolute atomic E-state index is 4.05. The Morgan fingerprint density at radius 2 is 1.86 bits per heavy atom. The van der Waals surface area contributed by atoms with Crippen LogP contribution in [0.15, 0.2) is 41.0 Å². The molecule has 1 aliphatic heterocycles. The number of hydrogen-bond donors (Lipinski definition) is 0. The fraction of sp³-hybridized carbons (Fsp3) is 0.154. The van der Waals surface area contributed by atoms with Crippen molar-refractivity contribution in [2.24, 2.45) is 4.99 Å². The van der Waals surface area contributed by atoms with Gasteiger partial charge in [0.05, 0.1) is 0 Å². The highest BCUT2D eigenvalue weighted by Crippen LogP contribution is 2.18. The molecule has 1 heterocycles. The largest absolute Gasteiger partial charge is 0.264 e. The average Bonchev–Trinajstić information content (AvgIpc) is 2.64. The van der Waals surface area contributed by atoms with E-state index in [9.17, 15) is 0 Å². The highest BCUT2D eigenvalue weighted by Gasteiger charge is 2.00. The molecule has 0 fully saturated rings. The minimum Gasteiger partial charge on any atom is -0.264 e. The molecule has 0 atom stereocenters. The number of rotatable bonds is 1. The molecule has 0 saturated carbocycles. The van der Waals surface area contributed by atoms with Gasteiger partial charge in [-0.2, -0.15) is 0 Å².